The molecule has 1 N–H and O–H groups in total. The third kappa shape index (κ3) is 7.10. The number of methoxy groups -OCH3 is 1. The van der Waals surface area contributed by atoms with E-state index in [4.69, 9.17) is 9.47 Å². The Bertz CT molecular complexity index is 463. The summed E-state index contributed by atoms with van der Waals surface area (Å²) < 4.78 is 12.4. The second-order valence-electron chi connectivity index (χ2n) is 5.82. The smallest absolute Gasteiger partial charge is 0.166 e. The predicted octanol–water partition coefficient (Wildman–Crippen LogP) is 4.07. The Morgan fingerprint density at radius 3 is 2.48 bits per heavy atom. The third-order valence-electron chi connectivity index (χ3n) is 3.71. The molecule has 0 aliphatic rings. The van der Waals surface area contributed by atoms with E-state index in [2.05, 4.69) is 46.1 Å². The minimum absolute atomic E-state index is 0.117. The van der Waals surface area contributed by atoms with Gasteiger partial charge in [-0.15, -0.1) is 0 Å². The van der Waals surface area contributed by atoms with Crippen LogP contribution in [0.4, 0.5) is 0 Å². The van der Waals surface area contributed by atoms with E-state index in [-0.39, 0.29) is 6.10 Å². The Balaban J connectivity index is 2.62. The molecule has 0 spiro atoms. The Labute approximate surface area is 149 Å². The summed E-state index contributed by atoms with van der Waals surface area (Å²) in [5.74, 6) is 1.61. The molecule has 1 aromatic carbocycles. The summed E-state index contributed by atoms with van der Waals surface area (Å²) in [6.45, 7) is 13.6. The normalized spacial score (nSPS) is 11.3. The van der Waals surface area contributed by atoms with E-state index in [9.17, 15) is 0 Å². The van der Waals surface area contributed by atoms with Crippen molar-refractivity contribution in [1.82, 2.24) is 10.2 Å². The molecular formula is C18H31BrN2O2. The van der Waals surface area contributed by atoms with Gasteiger partial charge in [0.15, 0.2) is 11.5 Å². The summed E-state index contributed by atoms with van der Waals surface area (Å²) in [7, 11) is 1.68. The van der Waals surface area contributed by atoms with Gasteiger partial charge < -0.3 is 19.7 Å². The van der Waals surface area contributed by atoms with Crippen molar-refractivity contribution < 1.29 is 9.47 Å². The molecule has 0 unspecified atom stereocenters. The van der Waals surface area contributed by atoms with Crippen molar-refractivity contribution in [3.8, 4) is 11.5 Å². The van der Waals surface area contributed by atoms with E-state index >= 15 is 0 Å². The van der Waals surface area contributed by atoms with Gasteiger partial charge in [-0.2, -0.15) is 0 Å². The van der Waals surface area contributed by atoms with Crippen molar-refractivity contribution in [2.24, 2.45) is 0 Å². The van der Waals surface area contributed by atoms with E-state index in [0.717, 1.165) is 60.7 Å². The molecule has 4 nitrogen and oxygen atoms in total. The largest absolute Gasteiger partial charge is 0.493 e. The molecule has 5 heteroatoms. The maximum atomic E-state index is 5.96. The highest BCUT2D eigenvalue weighted by atomic mass is 79.9. The fourth-order valence-corrected chi connectivity index (χ4v) is 2.95. The molecular weight excluding hydrogens is 356 g/mol. The summed E-state index contributed by atoms with van der Waals surface area (Å²) >= 11 is 3.54. The SMILES string of the molecule is CCN(CC)CCCNCc1cc(Br)cc(OC)c1OC(C)C. The van der Waals surface area contributed by atoms with Gasteiger partial charge in [0.05, 0.1) is 13.2 Å². The van der Waals surface area contributed by atoms with Gasteiger partial charge in [-0.25, -0.2) is 0 Å². The van der Waals surface area contributed by atoms with Gasteiger partial charge in [0.25, 0.3) is 0 Å². The first-order valence-electron chi connectivity index (χ1n) is 8.47. The molecule has 0 saturated carbocycles. The molecule has 0 aromatic heterocycles. The first kappa shape index (κ1) is 20.3. The highest BCUT2D eigenvalue weighted by molar-refractivity contribution is 9.10. The van der Waals surface area contributed by atoms with Gasteiger partial charge in [0, 0.05) is 16.6 Å². The average Bonchev–Trinajstić information content (AvgIpc) is 2.52. The first-order valence-corrected chi connectivity index (χ1v) is 9.27. The maximum Gasteiger partial charge on any atom is 0.166 e. The number of rotatable bonds is 11. The number of hydrogen-bond donors (Lipinski definition) is 1. The van der Waals surface area contributed by atoms with Gasteiger partial charge in [-0.3, -0.25) is 0 Å². The van der Waals surface area contributed by atoms with Crippen molar-refractivity contribution in [3.05, 3.63) is 22.2 Å². The molecule has 0 radical (unpaired) electrons. The lowest BCUT2D eigenvalue weighted by atomic mass is 10.1. The average molecular weight is 387 g/mol. The van der Waals surface area contributed by atoms with Crippen LogP contribution in [0.5, 0.6) is 11.5 Å². The highest BCUT2D eigenvalue weighted by Crippen LogP contribution is 2.35. The monoisotopic (exact) mass is 386 g/mol. The van der Waals surface area contributed by atoms with Crippen LogP contribution in [-0.2, 0) is 6.54 Å². The van der Waals surface area contributed by atoms with Crippen LogP contribution in [0.2, 0.25) is 0 Å². The molecule has 1 aromatic rings. The Kier molecular flexibility index (Phi) is 9.60. The number of nitrogens with zero attached hydrogens (tertiary/aromatic N) is 1. The van der Waals surface area contributed by atoms with Crippen LogP contribution in [0, 0.1) is 0 Å². The second-order valence-corrected chi connectivity index (χ2v) is 6.74. The second kappa shape index (κ2) is 10.9. The van der Waals surface area contributed by atoms with Crippen LogP contribution in [-0.4, -0.2) is 44.3 Å². The first-order chi connectivity index (χ1) is 11.0. The lowest BCUT2D eigenvalue weighted by Crippen LogP contribution is -2.27. The summed E-state index contributed by atoms with van der Waals surface area (Å²) in [4.78, 5) is 2.44. The fraction of sp³-hybridized carbons (Fsp3) is 0.667. The molecule has 0 aliphatic carbocycles. The standard InChI is InChI=1S/C18H31BrN2O2/c1-6-21(7-2)10-8-9-20-13-15-11-16(19)12-17(22-5)18(15)23-14(3)4/h11-12,14,20H,6-10,13H2,1-5H3. The molecule has 0 aliphatic heterocycles. The number of halogens is 1. The minimum Gasteiger partial charge on any atom is -0.493 e. The van der Waals surface area contributed by atoms with E-state index in [1.165, 1.54) is 0 Å². The predicted molar refractivity (Wildman–Crippen MR) is 101 cm³/mol. The van der Waals surface area contributed by atoms with Crippen molar-refractivity contribution in [2.45, 2.75) is 46.8 Å². The molecule has 1 rings (SSSR count). The van der Waals surface area contributed by atoms with Gasteiger partial charge >= 0.3 is 0 Å². The lowest BCUT2D eigenvalue weighted by Gasteiger charge is -2.19. The molecule has 0 saturated heterocycles. The van der Waals surface area contributed by atoms with Crippen LogP contribution in [0.15, 0.2) is 16.6 Å². The molecule has 0 heterocycles. The zero-order chi connectivity index (χ0) is 17.2. The van der Waals surface area contributed by atoms with Crippen LogP contribution in [0.25, 0.3) is 0 Å². The minimum atomic E-state index is 0.117. The van der Waals surface area contributed by atoms with E-state index < -0.39 is 0 Å². The molecule has 0 atom stereocenters. The fourth-order valence-electron chi connectivity index (χ4n) is 2.47. The van der Waals surface area contributed by atoms with Gasteiger partial charge in [0.2, 0.25) is 0 Å². The number of ether oxygens (including phenoxy) is 2. The highest BCUT2D eigenvalue weighted by Gasteiger charge is 2.14. The lowest BCUT2D eigenvalue weighted by molar-refractivity contribution is 0.227. The molecule has 0 amide bonds. The molecule has 23 heavy (non-hydrogen) atoms. The number of nitrogens with one attached hydrogen (secondary N) is 1. The molecule has 0 bridgehead atoms. The van der Waals surface area contributed by atoms with Crippen molar-refractivity contribution >= 4 is 15.9 Å². The van der Waals surface area contributed by atoms with Crippen LogP contribution < -0.4 is 14.8 Å². The summed E-state index contributed by atoms with van der Waals surface area (Å²) in [6.07, 6.45) is 1.26. The Hall–Kier alpha value is -0.780. The Morgan fingerprint density at radius 2 is 1.91 bits per heavy atom. The van der Waals surface area contributed by atoms with E-state index in [1.807, 2.05) is 19.9 Å². The van der Waals surface area contributed by atoms with Gasteiger partial charge in [-0.1, -0.05) is 29.8 Å². The van der Waals surface area contributed by atoms with Crippen LogP contribution in [0.1, 0.15) is 39.7 Å². The zero-order valence-corrected chi connectivity index (χ0v) is 16.7. The van der Waals surface area contributed by atoms with E-state index in [1.54, 1.807) is 7.11 Å². The van der Waals surface area contributed by atoms with Crippen LogP contribution in [0.3, 0.4) is 0 Å². The van der Waals surface area contributed by atoms with E-state index in [0.29, 0.717) is 0 Å². The molecule has 0 fully saturated rings. The number of benzene rings is 1. The van der Waals surface area contributed by atoms with Crippen LogP contribution >= 0.6 is 15.9 Å². The quantitative estimate of drug-likeness (QED) is 0.581. The topological polar surface area (TPSA) is 33.7 Å². The third-order valence-corrected chi connectivity index (χ3v) is 4.17. The maximum absolute atomic E-state index is 5.96. The van der Waals surface area contributed by atoms with Crippen molar-refractivity contribution in [2.75, 3.05) is 33.3 Å². The Morgan fingerprint density at radius 1 is 1.22 bits per heavy atom. The van der Waals surface area contributed by atoms with Gasteiger partial charge in [-0.05, 0) is 58.6 Å². The summed E-state index contributed by atoms with van der Waals surface area (Å²) in [5, 5.41) is 3.51. The van der Waals surface area contributed by atoms with Crippen molar-refractivity contribution in [3.63, 3.8) is 0 Å². The number of hydrogen-bond acceptors (Lipinski definition) is 4. The van der Waals surface area contributed by atoms with Crippen molar-refractivity contribution in [1.29, 1.82) is 0 Å². The summed E-state index contributed by atoms with van der Waals surface area (Å²) in [6, 6.07) is 4.04. The zero-order valence-electron chi connectivity index (χ0n) is 15.1. The summed E-state index contributed by atoms with van der Waals surface area (Å²) in [5.41, 5.74) is 1.12. The molecule has 132 valence electrons. The van der Waals surface area contributed by atoms with Gasteiger partial charge in [0.1, 0.15) is 0 Å².